The molecular weight excluding hydrogens is 238 g/mol. The summed E-state index contributed by atoms with van der Waals surface area (Å²) in [5.41, 5.74) is 2.72. The van der Waals surface area contributed by atoms with Gasteiger partial charge in [0.05, 0.1) is 6.61 Å². The van der Waals surface area contributed by atoms with Gasteiger partial charge in [-0.25, -0.2) is 0 Å². The monoisotopic (exact) mass is 261 g/mol. The molecule has 1 fully saturated rings. The summed E-state index contributed by atoms with van der Waals surface area (Å²) in [7, 11) is 0. The SMILES string of the molecule is CC(NCCC1CCOC1)c1ccc2c(c1)CCO2. The van der Waals surface area contributed by atoms with Crippen LogP contribution in [-0.4, -0.2) is 26.4 Å². The number of ether oxygens (including phenoxy) is 2. The molecule has 0 bridgehead atoms. The van der Waals surface area contributed by atoms with Crippen LogP contribution >= 0.6 is 0 Å². The summed E-state index contributed by atoms with van der Waals surface area (Å²) in [6.45, 7) is 6.05. The highest BCUT2D eigenvalue weighted by Crippen LogP contribution is 2.28. The van der Waals surface area contributed by atoms with E-state index in [9.17, 15) is 0 Å². The van der Waals surface area contributed by atoms with Gasteiger partial charge in [0.2, 0.25) is 0 Å². The van der Waals surface area contributed by atoms with E-state index in [1.54, 1.807) is 0 Å². The van der Waals surface area contributed by atoms with Crippen molar-refractivity contribution in [3.05, 3.63) is 29.3 Å². The van der Waals surface area contributed by atoms with Crippen molar-refractivity contribution in [2.45, 2.75) is 32.2 Å². The molecule has 0 amide bonds. The van der Waals surface area contributed by atoms with Gasteiger partial charge in [-0.2, -0.15) is 0 Å². The van der Waals surface area contributed by atoms with Gasteiger partial charge in [0.25, 0.3) is 0 Å². The fourth-order valence-corrected chi connectivity index (χ4v) is 2.91. The fraction of sp³-hybridized carbons (Fsp3) is 0.625. The molecule has 2 aliphatic rings. The number of hydrogen-bond acceptors (Lipinski definition) is 3. The number of rotatable bonds is 5. The van der Waals surface area contributed by atoms with Gasteiger partial charge in [-0.05, 0) is 49.4 Å². The van der Waals surface area contributed by atoms with Crippen LogP contribution in [0.4, 0.5) is 0 Å². The lowest BCUT2D eigenvalue weighted by Crippen LogP contribution is -2.22. The Balaban J connectivity index is 1.50. The van der Waals surface area contributed by atoms with Gasteiger partial charge in [0.15, 0.2) is 0 Å². The average Bonchev–Trinajstić information content (AvgIpc) is 3.08. The highest BCUT2D eigenvalue weighted by molar-refractivity contribution is 5.40. The Hall–Kier alpha value is -1.06. The molecule has 0 radical (unpaired) electrons. The maximum absolute atomic E-state index is 5.55. The standard InChI is InChI=1S/C16H23NO2/c1-12(17-7-4-13-5-8-18-11-13)14-2-3-16-15(10-14)6-9-19-16/h2-3,10,12-13,17H,4-9,11H2,1H3. The van der Waals surface area contributed by atoms with E-state index in [-0.39, 0.29) is 0 Å². The zero-order chi connectivity index (χ0) is 13.1. The molecule has 2 atom stereocenters. The largest absolute Gasteiger partial charge is 0.493 e. The molecule has 2 heterocycles. The minimum atomic E-state index is 0.410. The number of fused-ring (bicyclic) bond motifs is 1. The quantitative estimate of drug-likeness (QED) is 0.884. The lowest BCUT2D eigenvalue weighted by molar-refractivity contribution is 0.184. The van der Waals surface area contributed by atoms with Gasteiger partial charge >= 0.3 is 0 Å². The first-order valence-electron chi connectivity index (χ1n) is 7.39. The van der Waals surface area contributed by atoms with Crippen molar-refractivity contribution in [3.8, 4) is 5.75 Å². The first kappa shape index (κ1) is 12.9. The van der Waals surface area contributed by atoms with Crippen molar-refractivity contribution in [2.24, 2.45) is 5.92 Å². The molecule has 104 valence electrons. The summed E-state index contributed by atoms with van der Waals surface area (Å²) >= 11 is 0. The van der Waals surface area contributed by atoms with Crippen molar-refractivity contribution in [1.29, 1.82) is 0 Å². The maximum Gasteiger partial charge on any atom is 0.122 e. The van der Waals surface area contributed by atoms with Crippen LogP contribution in [0.2, 0.25) is 0 Å². The van der Waals surface area contributed by atoms with E-state index in [4.69, 9.17) is 9.47 Å². The highest BCUT2D eigenvalue weighted by atomic mass is 16.5. The summed E-state index contributed by atoms with van der Waals surface area (Å²) in [5, 5.41) is 3.62. The van der Waals surface area contributed by atoms with Gasteiger partial charge in [-0.15, -0.1) is 0 Å². The van der Waals surface area contributed by atoms with Crippen molar-refractivity contribution < 1.29 is 9.47 Å². The van der Waals surface area contributed by atoms with Crippen molar-refractivity contribution >= 4 is 0 Å². The van der Waals surface area contributed by atoms with E-state index in [0.29, 0.717) is 6.04 Å². The van der Waals surface area contributed by atoms with E-state index >= 15 is 0 Å². The first-order valence-corrected chi connectivity index (χ1v) is 7.39. The Morgan fingerprint density at radius 3 is 3.16 bits per heavy atom. The predicted molar refractivity (Wildman–Crippen MR) is 75.6 cm³/mol. The fourth-order valence-electron chi connectivity index (χ4n) is 2.91. The summed E-state index contributed by atoms with van der Waals surface area (Å²) in [4.78, 5) is 0. The summed E-state index contributed by atoms with van der Waals surface area (Å²) in [6, 6.07) is 6.99. The molecule has 0 aliphatic carbocycles. The molecule has 2 unspecified atom stereocenters. The summed E-state index contributed by atoms with van der Waals surface area (Å²) < 4.78 is 11.0. The molecule has 3 nitrogen and oxygen atoms in total. The molecule has 2 aliphatic heterocycles. The van der Waals surface area contributed by atoms with Gasteiger partial charge < -0.3 is 14.8 Å². The van der Waals surface area contributed by atoms with Crippen LogP contribution in [0.25, 0.3) is 0 Å². The van der Waals surface area contributed by atoms with Crippen LogP contribution in [0, 0.1) is 5.92 Å². The topological polar surface area (TPSA) is 30.5 Å². The van der Waals surface area contributed by atoms with Crippen LogP contribution in [0.3, 0.4) is 0 Å². The van der Waals surface area contributed by atoms with Crippen molar-refractivity contribution in [3.63, 3.8) is 0 Å². The summed E-state index contributed by atoms with van der Waals surface area (Å²) in [5.74, 6) is 1.83. The van der Waals surface area contributed by atoms with E-state index in [2.05, 4.69) is 30.4 Å². The van der Waals surface area contributed by atoms with Crippen LogP contribution < -0.4 is 10.1 Å². The smallest absolute Gasteiger partial charge is 0.122 e. The third kappa shape index (κ3) is 3.10. The maximum atomic E-state index is 5.55. The molecule has 1 aromatic rings. The van der Waals surface area contributed by atoms with Crippen LogP contribution in [0.1, 0.15) is 36.9 Å². The zero-order valence-electron chi connectivity index (χ0n) is 11.7. The normalized spacial score (nSPS) is 23.1. The van der Waals surface area contributed by atoms with Crippen LogP contribution in [-0.2, 0) is 11.2 Å². The second-order valence-corrected chi connectivity index (χ2v) is 5.66. The van der Waals surface area contributed by atoms with Crippen LogP contribution in [0.5, 0.6) is 5.75 Å². The Kier molecular flexibility index (Phi) is 4.04. The predicted octanol–water partition coefficient (Wildman–Crippen LogP) is 2.70. The lowest BCUT2D eigenvalue weighted by Gasteiger charge is -2.16. The number of hydrogen-bond donors (Lipinski definition) is 1. The number of nitrogens with one attached hydrogen (secondary N) is 1. The molecule has 1 aromatic carbocycles. The Morgan fingerprint density at radius 1 is 1.37 bits per heavy atom. The highest BCUT2D eigenvalue weighted by Gasteiger charge is 2.17. The molecule has 19 heavy (non-hydrogen) atoms. The van der Waals surface area contributed by atoms with Gasteiger partial charge in [-0.1, -0.05) is 12.1 Å². The van der Waals surface area contributed by atoms with E-state index < -0.39 is 0 Å². The van der Waals surface area contributed by atoms with Crippen LogP contribution in [0.15, 0.2) is 18.2 Å². The Morgan fingerprint density at radius 2 is 2.32 bits per heavy atom. The third-order valence-corrected chi connectivity index (χ3v) is 4.24. The van der Waals surface area contributed by atoms with Gasteiger partial charge in [0, 0.05) is 25.7 Å². The second kappa shape index (κ2) is 5.93. The van der Waals surface area contributed by atoms with E-state index in [1.807, 2.05) is 0 Å². The molecule has 3 heteroatoms. The van der Waals surface area contributed by atoms with E-state index in [1.165, 1.54) is 24.0 Å². The Labute approximate surface area is 115 Å². The molecule has 0 saturated carbocycles. The molecule has 3 rings (SSSR count). The second-order valence-electron chi connectivity index (χ2n) is 5.66. The molecule has 1 saturated heterocycles. The minimum Gasteiger partial charge on any atom is -0.493 e. The molecule has 0 aromatic heterocycles. The van der Waals surface area contributed by atoms with Gasteiger partial charge in [-0.3, -0.25) is 0 Å². The number of benzene rings is 1. The zero-order valence-corrected chi connectivity index (χ0v) is 11.7. The lowest BCUT2D eigenvalue weighted by atomic mass is 10.0. The molecular formula is C16H23NO2. The van der Waals surface area contributed by atoms with Gasteiger partial charge in [0.1, 0.15) is 5.75 Å². The molecule has 1 N–H and O–H groups in total. The molecule has 0 spiro atoms. The summed E-state index contributed by atoms with van der Waals surface area (Å²) in [6.07, 6.45) is 3.50. The first-order chi connectivity index (χ1) is 9.33. The van der Waals surface area contributed by atoms with Crippen molar-refractivity contribution in [2.75, 3.05) is 26.4 Å². The van der Waals surface area contributed by atoms with E-state index in [0.717, 1.165) is 44.5 Å². The average molecular weight is 261 g/mol. The Bertz CT molecular complexity index is 427. The third-order valence-electron chi connectivity index (χ3n) is 4.24. The van der Waals surface area contributed by atoms with Crippen molar-refractivity contribution in [1.82, 2.24) is 5.32 Å². The minimum absolute atomic E-state index is 0.410.